The van der Waals surface area contributed by atoms with Crippen molar-refractivity contribution in [2.75, 3.05) is 23.8 Å². The molecule has 0 aliphatic carbocycles. The van der Waals surface area contributed by atoms with Crippen LogP contribution in [-0.4, -0.2) is 30.2 Å². The van der Waals surface area contributed by atoms with Crippen LogP contribution in [0.3, 0.4) is 0 Å². The van der Waals surface area contributed by atoms with Crippen LogP contribution >= 0.6 is 0 Å². The molecule has 1 fully saturated rings. The SMILES string of the molecule is NC(=O)c1cccc(N2CCCCC2CO)c1N. The van der Waals surface area contributed by atoms with E-state index < -0.39 is 5.91 Å². The Morgan fingerprint density at radius 1 is 1.44 bits per heavy atom. The molecule has 1 unspecified atom stereocenters. The highest BCUT2D eigenvalue weighted by Gasteiger charge is 2.24. The Hall–Kier alpha value is -1.75. The van der Waals surface area contributed by atoms with Gasteiger partial charge in [0.2, 0.25) is 0 Å². The Kier molecular flexibility index (Phi) is 3.72. The van der Waals surface area contributed by atoms with Gasteiger partial charge in [0.15, 0.2) is 0 Å². The van der Waals surface area contributed by atoms with Crippen molar-refractivity contribution in [2.45, 2.75) is 25.3 Å². The molecule has 5 nitrogen and oxygen atoms in total. The van der Waals surface area contributed by atoms with Crippen LogP contribution in [0.1, 0.15) is 29.6 Å². The molecule has 0 bridgehead atoms. The zero-order valence-electron chi connectivity index (χ0n) is 10.3. The lowest BCUT2D eigenvalue weighted by Gasteiger charge is -2.37. The third-order valence-electron chi connectivity index (χ3n) is 3.50. The first-order valence-corrected chi connectivity index (χ1v) is 6.21. The third kappa shape index (κ3) is 2.26. The van der Waals surface area contributed by atoms with Crippen LogP contribution in [0, 0.1) is 0 Å². The second kappa shape index (κ2) is 5.27. The molecule has 0 aromatic heterocycles. The summed E-state index contributed by atoms with van der Waals surface area (Å²) in [4.78, 5) is 13.4. The number of nitrogens with zero attached hydrogens (tertiary/aromatic N) is 1. The predicted octanol–water partition coefficient (Wildman–Crippen LogP) is 0.719. The smallest absolute Gasteiger partial charge is 0.250 e. The van der Waals surface area contributed by atoms with Crippen LogP contribution in [-0.2, 0) is 0 Å². The Morgan fingerprint density at radius 3 is 2.89 bits per heavy atom. The highest BCUT2D eigenvalue weighted by Crippen LogP contribution is 2.31. The maximum Gasteiger partial charge on any atom is 0.250 e. The Bertz CT molecular complexity index is 448. The van der Waals surface area contributed by atoms with Crippen molar-refractivity contribution in [3.8, 4) is 0 Å². The quantitative estimate of drug-likeness (QED) is 0.688. The summed E-state index contributed by atoms with van der Waals surface area (Å²) in [5.41, 5.74) is 12.8. The summed E-state index contributed by atoms with van der Waals surface area (Å²) >= 11 is 0. The van der Waals surface area contributed by atoms with Crippen LogP contribution in [0.2, 0.25) is 0 Å². The van der Waals surface area contributed by atoms with Gasteiger partial charge in [-0.3, -0.25) is 4.79 Å². The van der Waals surface area contributed by atoms with Crippen molar-refractivity contribution in [3.05, 3.63) is 23.8 Å². The summed E-state index contributed by atoms with van der Waals surface area (Å²) in [5, 5.41) is 9.42. The van der Waals surface area contributed by atoms with Gasteiger partial charge < -0.3 is 21.5 Å². The van der Waals surface area contributed by atoms with Crippen LogP contribution in [0.15, 0.2) is 18.2 Å². The van der Waals surface area contributed by atoms with Gasteiger partial charge in [-0.2, -0.15) is 0 Å². The molecule has 1 atom stereocenters. The number of carbonyl (C=O) groups excluding carboxylic acids is 1. The number of aliphatic hydroxyl groups is 1. The molecule has 1 aliphatic heterocycles. The molecule has 1 aromatic carbocycles. The molecule has 2 rings (SSSR count). The summed E-state index contributed by atoms with van der Waals surface area (Å²) in [7, 11) is 0. The number of nitrogens with two attached hydrogens (primary N) is 2. The fraction of sp³-hybridized carbons (Fsp3) is 0.462. The average molecular weight is 249 g/mol. The number of hydrogen-bond acceptors (Lipinski definition) is 4. The number of carbonyl (C=O) groups is 1. The summed E-state index contributed by atoms with van der Waals surface area (Å²) in [6.45, 7) is 0.942. The second-order valence-electron chi connectivity index (χ2n) is 4.63. The molecule has 5 N–H and O–H groups in total. The first kappa shape index (κ1) is 12.7. The molecule has 1 heterocycles. The minimum absolute atomic E-state index is 0.0733. The van der Waals surface area contributed by atoms with Crippen LogP contribution < -0.4 is 16.4 Å². The number of para-hydroxylation sites is 1. The first-order valence-electron chi connectivity index (χ1n) is 6.21. The first-order chi connectivity index (χ1) is 8.65. The zero-order chi connectivity index (χ0) is 13.1. The highest BCUT2D eigenvalue weighted by atomic mass is 16.3. The van der Waals surface area contributed by atoms with Crippen molar-refractivity contribution < 1.29 is 9.90 Å². The molecule has 1 amide bonds. The fourth-order valence-corrected chi connectivity index (χ4v) is 2.53. The minimum atomic E-state index is -0.521. The lowest BCUT2D eigenvalue weighted by Crippen LogP contribution is -2.42. The van der Waals surface area contributed by atoms with E-state index in [1.54, 1.807) is 12.1 Å². The number of nitrogen functional groups attached to an aromatic ring is 1. The normalized spacial score (nSPS) is 19.8. The van der Waals surface area contributed by atoms with E-state index in [9.17, 15) is 9.90 Å². The van der Waals surface area contributed by atoms with E-state index in [2.05, 4.69) is 4.90 Å². The largest absolute Gasteiger partial charge is 0.396 e. The fourth-order valence-electron chi connectivity index (χ4n) is 2.53. The minimum Gasteiger partial charge on any atom is -0.396 e. The van der Waals surface area contributed by atoms with Gasteiger partial charge in [-0.05, 0) is 31.4 Å². The average Bonchev–Trinajstić information content (AvgIpc) is 2.38. The molecule has 98 valence electrons. The number of primary amides is 1. The topological polar surface area (TPSA) is 92.6 Å². The standard InChI is InChI=1S/C13H19N3O2/c14-12-10(13(15)18)5-3-6-11(12)16-7-2-1-4-9(16)8-17/h3,5-6,9,17H,1-2,4,7-8,14H2,(H2,15,18). The molecule has 1 aliphatic rings. The molecule has 0 radical (unpaired) electrons. The van der Waals surface area contributed by atoms with Gasteiger partial charge in [0.05, 0.1) is 29.6 Å². The summed E-state index contributed by atoms with van der Waals surface area (Å²) in [6.07, 6.45) is 3.12. The summed E-state index contributed by atoms with van der Waals surface area (Å²) in [6, 6.07) is 5.34. The van der Waals surface area contributed by atoms with Gasteiger partial charge in [-0.25, -0.2) is 0 Å². The van der Waals surface area contributed by atoms with Gasteiger partial charge in [0.1, 0.15) is 0 Å². The lowest BCUT2D eigenvalue weighted by molar-refractivity contribution is 0.100. The Labute approximate surface area is 106 Å². The molecule has 5 heteroatoms. The molecular weight excluding hydrogens is 230 g/mol. The van der Waals surface area contributed by atoms with E-state index in [1.807, 2.05) is 6.07 Å². The molecule has 0 saturated carbocycles. The Morgan fingerprint density at radius 2 is 2.22 bits per heavy atom. The number of rotatable bonds is 3. The summed E-state index contributed by atoms with van der Waals surface area (Å²) < 4.78 is 0. The maximum absolute atomic E-state index is 11.3. The Balaban J connectivity index is 2.37. The molecular formula is C13H19N3O2. The van der Waals surface area contributed by atoms with Crippen molar-refractivity contribution in [1.29, 1.82) is 0 Å². The van der Waals surface area contributed by atoms with Gasteiger partial charge in [0, 0.05) is 6.54 Å². The molecule has 0 spiro atoms. The van der Waals surface area contributed by atoms with Crippen LogP contribution in [0.5, 0.6) is 0 Å². The number of hydrogen-bond donors (Lipinski definition) is 3. The number of amides is 1. The van der Waals surface area contributed by atoms with Gasteiger partial charge >= 0.3 is 0 Å². The third-order valence-corrected chi connectivity index (χ3v) is 3.50. The molecule has 1 aromatic rings. The van der Waals surface area contributed by atoms with Crippen molar-refractivity contribution in [1.82, 2.24) is 0 Å². The van der Waals surface area contributed by atoms with E-state index in [4.69, 9.17) is 11.5 Å². The van der Waals surface area contributed by atoms with E-state index in [0.717, 1.165) is 31.5 Å². The van der Waals surface area contributed by atoms with Crippen molar-refractivity contribution in [3.63, 3.8) is 0 Å². The van der Waals surface area contributed by atoms with Crippen LogP contribution in [0.4, 0.5) is 11.4 Å². The lowest BCUT2D eigenvalue weighted by atomic mass is 10.0. The van der Waals surface area contributed by atoms with Gasteiger partial charge in [-0.1, -0.05) is 6.07 Å². The van der Waals surface area contributed by atoms with Gasteiger partial charge in [-0.15, -0.1) is 0 Å². The van der Waals surface area contributed by atoms with Crippen molar-refractivity contribution in [2.24, 2.45) is 5.73 Å². The van der Waals surface area contributed by atoms with Gasteiger partial charge in [0.25, 0.3) is 5.91 Å². The number of aliphatic hydroxyl groups excluding tert-OH is 1. The number of piperidine rings is 1. The molecule has 18 heavy (non-hydrogen) atoms. The summed E-state index contributed by atoms with van der Waals surface area (Å²) in [5.74, 6) is -0.521. The zero-order valence-corrected chi connectivity index (χ0v) is 10.3. The van der Waals surface area contributed by atoms with E-state index >= 15 is 0 Å². The van der Waals surface area contributed by atoms with Crippen molar-refractivity contribution >= 4 is 17.3 Å². The van der Waals surface area contributed by atoms with E-state index in [0.29, 0.717) is 11.3 Å². The van der Waals surface area contributed by atoms with Crippen LogP contribution in [0.25, 0.3) is 0 Å². The molecule has 1 saturated heterocycles. The van der Waals surface area contributed by atoms with E-state index in [1.165, 1.54) is 0 Å². The monoisotopic (exact) mass is 249 g/mol. The second-order valence-corrected chi connectivity index (χ2v) is 4.63. The number of anilines is 2. The number of benzene rings is 1. The predicted molar refractivity (Wildman–Crippen MR) is 71.4 cm³/mol. The maximum atomic E-state index is 11.3. The van der Waals surface area contributed by atoms with E-state index in [-0.39, 0.29) is 12.6 Å². The highest BCUT2D eigenvalue weighted by molar-refractivity contribution is 6.00.